The van der Waals surface area contributed by atoms with Crippen molar-refractivity contribution in [2.24, 2.45) is 0 Å². The molecule has 0 aliphatic carbocycles. The van der Waals surface area contributed by atoms with Gasteiger partial charge in [-0.3, -0.25) is 4.79 Å². The van der Waals surface area contributed by atoms with Gasteiger partial charge in [0.15, 0.2) is 0 Å². The maximum Gasteiger partial charge on any atom is 0.471 e. The van der Waals surface area contributed by atoms with Gasteiger partial charge in [0.1, 0.15) is 6.04 Å². The monoisotopic (exact) mass is 229 g/mol. The van der Waals surface area contributed by atoms with E-state index in [2.05, 4.69) is 0 Å². The molecule has 0 aromatic carbocycles. The molecule has 0 aromatic heterocycles. The lowest BCUT2D eigenvalue weighted by Crippen LogP contribution is -2.48. The zero-order chi connectivity index (χ0) is 12.2. The standard InChI is InChI=1S/C7H10F3NO4/c1-11(6(15)7(8,9)10)4(2-3-12)5(13)14/h4,12H,2-3H2,1H3,(H,13,14)/t4-/m0/s1. The molecule has 2 N–H and O–H groups in total. The summed E-state index contributed by atoms with van der Waals surface area (Å²) in [6.45, 7) is -0.619. The number of carbonyl (C=O) groups excluding carboxylic acids is 1. The number of alkyl halides is 3. The average molecular weight is 229 g/mol. The normalized spacial score (nSPS) is 13.4. The predicted molar refractivity (Wildman–Crippen MR) is 42.0 cm³/mol. The number of rotatable bonds is 4. The second kappa shape index (κ2) is 4.96. The number of carbonyl (C=O) groups is 2. The smallest absolute Gasteiger partial charge is 0.471 e. The number of aliphatic carboxylic acids is 1. The number of nitrogens with zero attached hydrogens (tertiary/aromatic N) is 1. The highest BCUT2D eigenvalue weighted by atomic mass is 19.4. The van der Waals surface area contributed by atoms with Gasteiger partial charge in [0.25, 0.3) is 0 Å². The van der Waals surface area contributed by atoms with Crippen LogP contribution in [0.3, 0.4) is 0 Å². The first kappa shape index (κ1) is 13.7. The van der Waals surface area contributed by atoms with Crippen LogP contribution in [0, 0.1) is 0 Å². The molecule has 8 heteroatoms. The molecule has 88 valence electrons. The number of aliphatic hydroxyl groups excluding tert-OH is 1. The summed E-state index contributed by atoms with van der Waals surface area (Å²) in [6, 6.07) is -1.68. The summed E-state index contributed by atoms with van der Waals surface area (Å²) in [4.78, 5) is 21.2. The van der Waals surface area contributed by atoms with E-state index in [9.17, 15) is 22.8 Å². The predicted octanol–water partition coefficient (Wildman–Crippen LogP) is -0.157. The second-order valence-electron chi connectivity index (χ2n) is 2.78. The topological polar surface area (TPSA) is 77.8 Å². The van der Waals surface area contributed by atoms with Crippen molar-refractivity contribution >= 4 is 11.9 Å². The van der Waals surface area contributed by atoms with Crippen LogP contribution in [0.1, 0.15) is 6.42 Å². The van der Waals surface area contributed by atoms with Crippen LogP contribution < -0.4 is 0 Å². The van der Waals surface area contributed by atoms with Crippen LogP contribution in [0.5, 0.6) is 0 Å². The molecule has 5 nitrogen and oxygen atoms in total. The van der Waals surface area contributed by atoms with E-state index in [1.165, 1.54) is 0 Å². The first-order valence-electron chi connectivity index (χ1n) is 3.89. The van der Waals surface area contributed by atoms with E-state index in [1.807, 2.05) is 0 Å². The van der Waals surface area contributed by atoms with Crippen LogP contribution in [0.15, 0.2) is 0 Å². The molecule has 0 unspecified atom stereocenters. The molecule has 0 bridgehead atoms. The summed E-state index contributed by atoms with van der Waals surface area (Å²) in [5.41, 5.74) is 0. The Labute approximate surface area is 83.1 Å². The lowest BCUT2D eigenvalue weighted by molar-refractivity contribution is -0.188. The van der Waals surface area contributed by atoms with Gasteiger partial charge < -0.3 is 15.1 Å². The van der Waals surface area contributed by atoms with E-state index < -0.39 is 37.1 Å². The number of carboxylic acid groups (broad SMARTS) is 1. The molecule has 15 heavy (non-hydrogen) atoms. The summed E-state index contributed by atoms with van der Waals surface area (Å²) in [5, 5.41) is 17.0. The molecule has 0 aliphatic rings. The molecule has 0 fully saturated rings. The Morgan fingerprint density at radius 3 is 2.13 bits per heavy atom. The fourth-order valence-electron chi connectivity index (χ4n) is 0.947. The summed E-state index contributed by atoms with van der Waals surface area (Å²) in [5.74, 6) is -3.84. The first-order chi connectivity index (χ1) is 6.71. The van der Waals surface area contributed by atoms with Gasteiger partial charge in [-0.15, -0.1) is 0 Å². The van der Waals surface area contributed by atoms with E-state index in [4.69, 9.17) is 10.2 Å². The van der Waals surface area contributed by atoms with Crippen molar-refractivity contribution in [2.75, 3.05) is 13.7 Å². The van der Waals surface area contributed by atoms with Crippen LogP contribution in [-0.2, 0) is 9.59 Å². The van der Waals surface area contributed by atoms with E-state index in [0.29, 0.717) is 0 Å². The maximum atomic E-state index is 11.9. The average Bonchev–Trinajstić information content (AvgIpc) is 2.09. The second-order valence-corrected chi connectivity index (χ2v) is 2.78. The van der Waals surface area contributed by atoms with Crippen LogP contribution in [0.25, 0.3) is 0 Å². The van der Waals surface area contributed by atoms with Crippen molar-refractivity contribution in [1.82, 2.24) is 4.90 Å². The molecule has 1 amide bonds. The van der Waals surface area contributed by atoms with Gasteiger partial charge in [-0.1, -0.05) is 0 Å². The zero-order valence-electron chi connectivity index (χ0n) is 7.78. The molecule has 0 saturated carbocycles. The number of carboxylic acids is 1. The molecule has 0 spiro atoms. The van der Waals surface area contributed by atoms with Crippen molar-refractivity contribution in [2.45, 2.75) is 18.6 Å². The summed E-state index contributed by atoms with van der Waals surface area (Å²) in [7, 11) is 0.726. The molecule has 0 radical (unpaired) electrons. The lowest BCUT2D eigenvalue weighted by Gasteiger charge is -2.24. The Balaban J connectivity index is 4.71. The molecule has 0 aliphatic heterocycles. The largest absolute Gasteiger partial charge is 0.480 e. The summed E-state index contributed by atoms with van der Waals surface area (Å²) >= 11 is 0. The Bertz CT molecular complexity index is 253. The van der Waals surface area contributed by atoms with Crippen LogP contribution in [0.2, 0.25) is 0 Å². The first-order valence-corrected chi connectivity index (χ1v) is 3.89. The number of likely N-dealkylation sites (N-methyl/N-ethyl adjacent to an activating group) is 1. The third-order valence-corrected chi connectivity index (χ3v) is 1.72. The number of amides is 1. The third-order valence-electron chi connectivity index (χ3n) is 1.72. The van der Waals surface area contributed by atoms with Crippen molar-refractivity contribution in [3.63, 3.8) is 0 Å². The molecular weight excluding hydrogens is 219 g/mol. The third kappa shape index (κ3) is 3.74. The molecule has 1 atom stereocenters. The Morgan fingerprint density at radius 1 is 1.40 bits per heavy atom. The van der Waals surface area contributed by atoms with Gasteiger partial charge in [-0.25, -0.2) is 4.79 Å². The minimum absolute atomic E-state index is 0.0541. The minimum Gasteiger partial charge on any atom is -0.480 e. The SMILES string of the molecule is CN(C(=O)C(F)(F)F)[C@@H](CCO)C(=O)O. The molecule has 0 saturated heterocycles. The fourth-order valence-corrected chi connectivity index (χ4v) is 0.947. The molecular formula is C7H10F3NO4. The Morgan fingerprint density at radius 2 is 1.87 bits per heavy atom. The van der Waals surface area contributed by atoms with Crippen molar-refractivity contribution in [3.8, 4) is 0 Å². The van der Waals surface area contributed by atoms with E-state index >= 15 is 0 Å². The minimum atomic E-state index is -5.11. The molecule has 0 aromatic rings. The highest BCUT2D eigenvalue weighted by Gasteiger charge is 2.44. The van der Waals surface area contributed by atoms with Crippen LogP contribution >= 0.6 is 0 Å². The van der Waals surface area contributed by atoms with Crippen LogP contribution in [0.4, 0.5) is 13.2 Å². The number of hydrogen-bond donors (Lipinski definition) is 2. The van der Waals surface area contributed by atoms with Gasteiger partial charge >= 0.3 is 18.1 Å². The van der Waals surface area contributed by atoms with Gasteiger partial charge in [0.05, 0.1) is 0 Å². The lowest BCUT2D eigenvalue weighted by atomic mass is 10.2. The quantitative estimate of drug-likeness (QED) is 0.702. The van der Waals surface area contributed by atoms with Crippen molar-refractivity contribution in [3.05, 3.63) is 0 Å². The van der Waals surface area contributed by atoms with Crippen molar-refractivity contribution in [1.29, 1.82) is 0 Å². The van der Waals surface area contributed by atoms with E-state index in [1.54, 1.807) is 0 Å². The van der Waals surface area contributed by atoms with Crippen molar-refractivity contribution < 1.29 is 33.0 Å². The highest BCUT2D eigenvalue weighted by molar-refractivity contribution is 5.86. The van der Waals surface area contributed by atoms with E-state index in [0.717, 1.165) is 7.05 Å². The Kier molecular flexibility index (Phi) is 4.53. The Hall–Kier alpha value is -1.31. The summed E-state index contributed by atoms with van der Waals surface area (Å²) in [6.07, 6.45) is -5.56. The van der Waals surface area contributed by atoms with Gasteiger partial charge in [0, 0.05) is 20.1 Å². The van der Waals surface area contributed by atoms with Gasteiger partial charge in [-0.2, -0.15) is 13.2 Å². The highest BCUT2D eigenvalue weighted by Crippen LogP contribution is 2.19. The fraction of sp³-hybridized carbons (Fsp3) is 0.714. The number of aliphatic hydroxyl groups is 1. The molecule has 0 rings (SSSR count). The van der Waals surface area contributed by atoms with Gasteiger partial charge in [-0.05, 0) is 0 Å². The summed E-state index contributed by atoms with van der Waals surface area (Å²) < 4.78 is 35.8. The van der Waals surface area contributed by atoms with Gasteiger partial charge in [0.2, 0.25) is 0 Å². The number of halogens is 3. The molecule has 0 heterocycles. The zero-order valence-corrected chi connectivity index (χ0v) is 7.78. The van der Waals surface area contributed by atoms with E-state index in [-0.39, 0.29) is 4.90 Å². The number of hydrogen-bond acceptors (Lipinski definition) is 3. The van der Waals surface area contributed by atoms with Crippen LogP contribution in [-0.4, -0.2) is 52.9 Å². The maximum absolute atomic E-state index is 11.9.